The van der Waals surface area contributed by atoms with Crippen molar-refractivity contribution in [2.75, 3.05) is 11.9 Å². The normalized spacial score (nSPS) is 10.6. The number of hydrogen-bond acceptors (Lipinski definition) is 6. The number of nitrogens with zero attached hydrogens (tertiary/aromatic N) is 3. The van der Waals surface area contributed by atoms with Crippen LogP contribution in [0.25, 0.3) is 5.69 Å². The highest BCUT2D eigenvalue weighted by Crippen LogP contribution is 2.29. The second-order valence-corrected chi connectivity index (χ2v) is 8.52. The average molecular weight is 522 g/mol. The molecule has 1 amide bonds. The number of anilines is 2. The summed E-state index contributed by atoms with van der Waals surface area (Å²) in [5.41, 5.74) is 1.97. The van der Waals surface area contributed by atoms with E-state index in [1.807, 2.05) is 36.4 Å². The fourth-order valence-electron chi connectivity index (χ4n) is 3.81. The smallest absolute Gasteiger partial charge is 0.299 e. The maximum Gasteiger partial charge on any atom is 0.299 e. The van der Waals surface area contributed by atoms with Crippen molar-refractivity contribution in [3.05, 3.63) is 137 Å². The maximum atomic E-state index is 13.5. The minimum absolute atomic E-state index is 0.130. The molecule has 0 saturated heterocycles. The molecule has 0 aliphatic rings. The van der Waals surface area contributed by atoms with Gasteiger partial charge in [-0.2, -0.15) is 9.78 Å². The Morgan fingerprint density at radius 2 is 1.64 bits per heavy atom. The van der Waals surface area contributed by atoms with Crippen LogP contribution >= 0.6 is 0 Å². The Labute approximate surface area is 223 Å². The Hall–Kier alpha value is -5.31. The van der Waals surface area contributed by atoms with Gasteiger partial charge >= 0.3 is 0 Å². The average Bonchev–Trinajstić information content (AvgIpc) is 2.97. The molecular weight excluding hydrogens is 497 g/mol. The van der Waals surface area contributed by atoms with Gasteiger partial charge in [0.15, 0.2) is 11.4 Å². The molecule has 9 heteroatoms. The Morgan fingerprint density at radius 3 is 2.36 bits per heavy atom. The lowest BCUT2D eigenvalue weighted by molar-refractivity contribution is 0.0954. The molecule has 194 valence electrons. The van der Waals surface area contributed by atoms with Crippen molar-refractivity contribution in [1.29, 1.82) is 0 Å². The lowest BCUT2D eigenvalue weighted by Gasteiger charge is -2.15. The van der Waals surface area contributed by atoms with E-state index in [2.05, 4.69) is 20.7 Å². The molecule has 0 spiro atoms. The van der Waals surface area contributed by atoms with Crippen LogP contribution in [-0.2, 0) is 6.42 Å². The summed E-state index contributed by atoms with van der Waals surface area (Å²) in [5, 5.41) is 10.2. The van der Waals surface area contributed by atoms with Gasteiger partial charge in [-0.25, -0.2) is 4.39 Å². The number of halogens is 1. The van der Waals surface area contributed by atoms with Gasteiger partial charge in [0.25, 0.3) is 11.5 Å². The standard InChI is InChI=1S/C30H24FN5O3/c31-22-11-15-25(16-12-22)36-30(38)28(27(20-34-36)39-26-7-2-1-3-8-26)35-24-13-9-21(10-14-24)29(37)33-19-17-23-6-4-5-18-32-23/h1-16,18,20,35H,17,19H2,(H,33,37). The Balaban J connectivity index is 1.36. The quantitative estimate of drug-likeness (QED) is 0.274. The molecule has 5 aromatic rings. The summed E-state index contributed by atoms with van der Waals surface area (Å²) in [4.78, 5) is 30.3. The number of para-hydroxylation sites is 1. The summed E-state index contributed by atoms with van der Waals surface area (Å²) < 4.78 is 20.5. The molecule has 0 bridgehead atoms. The van der Waals surface area contributed by atoms with Crippen molar-refractivity contribution < 1.29 is 13.9 Å². The molecule has 0 radical (unpaired) electrons. The maximum absolute atomic E-state index is 13.5. The van der Waals surface area contributed by atoms with Gasteiger partial charge in [-0.05, 0) is 72.8 Å². The molecule has 0 saturated carbocycles. The summed E-state index contributed by atoms with van der Waals surface area (Å²) in [6.45, 7) is 0.454. The van der Waals surface area contributed by atoms with Crippen molar-refractivity contribution >= 4 is 17.3 Å². The number of nitrogens with one attached hydrogen (secondary N) is 2. The van der Waals surface area contributed by atoms with E-state index in [9.17, 15) is 14.0 Å². The zero-order chi connectivity index (χ0) is 27.0. The second kappa shape index (κ2) is 11.8. The Bertz CT molecular complexity index is 1610. The largest absolute Gasteiger partial charge is 0.453 e. The Kier molecular flexibility index (Phi) is 7.68. The number of pyridine rings is 1. The predicted octanol–water partition coefficient (Wildman–Crippen LogP) is 5.28. The third-order valence-corrected chi connectivity index (χ3v) is 5.79. The molecule has 8 nitrogen and oxygen atoms in total. The van der Waals surface area contributed by atoms with E-state index in [1.54, 1.807) is 42.6 Å². The van der Waals surface area contributed by atoms with E-state index in [-0.39, 0.29) is 17.3 Å². The molecule has 2 heterocycles. The van der Waals surface area contributed by atoms with Crippen LogP contribution in [0.15, 0.2) is 114 Å². The van der Waals surface area contributed by atoms with Gasteiger partial charge < -0.3 is 15.4 Å². The number of aromatic nitrogens is 3. The highest BCUT2D eigenvalue weighted by atomic mass is 19.1. The van der Waals surface area contributed by atoms with Gasteiger partial charge in [-0.15, -0.1) is 0 Å². The van der Waals surface area contributed by atoms with Crippen LogP contribution in [0.5, 0.6) is 11.5 Å². The van der Waals surface area contributed by atoms with Crippen molar-refractivity contribution in [3.63, 3.8) is 0 Å². The summed E-state index contributed by atoms with van der Waals surface area (Å²) in [7, 11) is 0. The first-order valence-electron chi connectivity index (χ1n) is 12.2. The number of ether oxygens (including phenoxy) is 1. The minimum Gasteiger partial charge on any atom is -0.453 e. The van der Waals surface area contributed by atoms with Crippen LogP contribution in [0.3, 0.4) is 0 Å². The molecule has 0 fully saturated rings. The molecule has 0 atom stereocenters. The summed E-state index contributed by atoms with van der Waals surface area (Å²) in [5.74, 6) is 0.100. The molecule has 0 aliphatic carbocycles. The molecule has 2 N–H and O–H groups in total. The zero-order valence-corrected chi connectivity index (χ0v) is 20.8. The fraction of sp³-hybridized carbons (Fsp3) is 0.0667. The van der Waals surface area contributed by atoms with E-state index in [0.29, 0.717) is 35.7 Å². The first-order valence-corrected chi connectivity index (χ1v) is 12.2. The number of carbonyl (C=O) groups excluding carboxylic acids is 1. The van der Waals surface area contributed by atoms with Gasteiger partial charge in [0.2, 0.25) is 0 Å². The number of hydrogen-bond donors (Lipinski definition) is 2. The Morgan fingerprint density at radius 1 is 0.897 bits per heavy atom. The predicted molar refractivity (Wildman–Crippen MR) is 146 cm³/mol. The van der Waals surface area contributed by atoms with E-state index in [0.717, 1.165) is 10.4 Å². The number of amides is 1. The monoisotopic (exact) mass is 521 g/mol. The van der Waals surface area contributed by atoms with E-state index in [1.165, 1.54) is 30.5 Å². The third kappa shape index (κ3) is 6.34. The van der Waals surface area contributed by atoms with Crippen LogP contribution in [0, 0.1) is 5.82 Å². The van der Waals surface area contributed by atoms with E-state index < -0.39 is 11.4 Å². The van der Waals surface area contributed by atoms with Gasteiger partial charge in [-0.1, -0.05) is 24.3 Å². The van der Waals surface area contributed by atoms with Crippen molar-refractivity contribution in [2.45, 2.75) is 6.42 Å². The lowest BCUT2D eigenvalue weighted by Crippen LogP contribution is -2.26. The van der Waals surface area contributed by atoms with Gasteiger partial charge in [-0.3, -0.25) is 14.6 Å². The summed E-state index contributed by atoms with van der Waals surface area (Å²) >= 11 is 0. The summed E-state index contributed by atoms with van der Waals surface area (Å²) in [6.07, 6.45) is 3.76. The number of benzene rings is 3. The minimum atomic E-state index is -0.494. The van der Waals surface area contributed by atoms with Crippen LogP contribution in [0.2, 0.25) is 0 Å². The molecule has 0 unspecified atom stereocenters. The fourth-order valence-corrected chi connectivity index (χ4v) is 3.81. The lowest BCUT2D eigenvalue weighted by atomic mass is 10.2. The van der Waals surface area contributed by atoms with Gasteiger partial charge in [0.05, 0.1) is 11.9 Å². The zero-order valence-electron chi connectivity index (χ0n) is 20.8. The van der Waals surface area contributed by atoms with E-state index in [4.69, 9.17) is 4.74 Å². The first kappa shape index (κ1) is 25.3. The van der Waals surface area contributed by atoms with Crippen LogP contribution < -0.4 is 20.9 Å². The summed E-state index contributed by atoms with van der Waals surface area (Å²) in [6, 6.07) is 26.8. The molecule has 5 rings (SSSR count). The first-order chi connectivity index (χ1) is 19.1. The van der Waals surface area contributed by atoms with Gasteiger partial charge in [0.1, 0.15) is 11.6 Å². The van der Waals surface area contributed by atoms with Crippen molar-refractivity contribution in [3.8, 4) is 17.2 Å². The third-order valence-electron chi connectivity index (χ3n) is 5.79. The van der Waals surface area contributed by atoms with Crippen LogP contribution in [0.1, 0.15) is 16.1 Å². The number of carbonyl (C=O) groups is 1. The van der Waals surface area contributed by atoms with Crippen molar-refractivity contribution in [1.82, 2.24) is 20.1 Å². The highest BCUT2D eigenvalue weighted by molar-refractivity contribution is 5.94. The van der Waals surface area contributed by atoms with E-state index >= 15 is 0 Å². The topological polar surface area (TPSA) is 98.1 Å². The van der Waals surface area contributed by atoms with Crippen LogP contribution in [-0.4, -0.2) is 27.2 Å². The molecule has 2 aromatic heterocycles. The number of rotatable bonds is 9. The molecular formula is C30H24FN5O3. The van der Waals surface area contributed by atoms with Crippen LogP contribution in [0.4, 0.5) is 15.8 Å². The van der Waals surface area contributed by atoms with Crippen molar-refractivity contribution in [2.24, 2.45) is 0 Å². The highest BCUT2D eigenvalue weighted by Gasteiger charge is 2.16. The van der Waals surface area contributed by atoms with Gasteiger partial charge in [0, 0.05) is 36.1 Å². The molecule has 39 heavy (non-hydrogen) atoms. The molecule has 0 aliphatic heterocycles. The molecule has 3 aromatic carbocycles. The SMILES string of the molecule is O=C(NCCc1ccccn1)c1ccc(Nc2c(Oc3ccccc3)cnn(-c3ccc(F)cc3)c2=O)cc1. The second-order valence-electron chi connectivity index (χ2n) is 8.52.